The van der Waals surface area contributed by atoms with Gasteiger partial charge in [0.15, 0.2) is 0 Å². The van der Waals surface area contributed by atoms with Gasteiger partial charge in [-0.25, -0.2) is 0 Å². The zero-order chi connectivity index (χ0) is 12.9. The number of nitrogens with one attached hydrogen (secondary N) is 1. The molecule has 17 heavy (non-hydrogen) atoms. The molecule has 0 bridgehead atoms. The van der Waals surface area contributed by atoms with Crippen LogP contribution in [0.2, 0.25) is 0 Å². The molecule has 0 aliphatic rings. The van der Waals surface area contributed by atoms with Gasteiger partial charge in [-0.05, 0) is 38.8 Å². The maximum Gasteiger partial charge on any atom is 0.0704 e. The number of ether oxygens (including phenoxy) is 2. The molecule has 0 radical (unpaired) electrons. The van der Waals surface area contributed by atoms with Crippen LogP contribution >= 0.6 is 0 Å². The van der Waals surface area contributed by atoms with E-state index in [0.29, 0.717) is 6.10 Å². The van der Waals surface area contributed by atoms with Gasteiger partial charge in [-0.15, -0.1) is 0 Å². The number of hydrogen-bond donors (Lipinski definition) is 1. The molecule has 0 fully saturated rings. The summed E-state index contributed by atoms with van der Waals surface area (Å²) in [7, 11) is 0. The van der Waals surface area contributed by atoms with Crippen molar-refractivity contribution < 1.29 is 9.47 Å². The minimum absolute atomic E-state index is 0.324. The van der Waals surface area contributed by atoms with Crippen molar-refractivity contribution in [2.24, 2.45) is 5.92 Å². The first-order chi connectivity index (χ1) is 8.16. The number of unbranched alkanes of at least 4 members (excludes halogenated alkanes) is 1. The predicted octanol–water partition coefficient (Wildman–Crippen LogP) is 2.84. The molecule has 0 rings (SSSR count). The predicted molar refractivity (Wildman–Crippen MR) is 73.5 cm³/mol. The van der Waals surface area contributed by atoms with Crippen molar-refractivity contribution in [2.45, 2.75) is 53.1 Å². The van der Waals surface area contributed by atoms with E-state index in [1.807, 2.05) is 0 Å². The molecule has 1 N–H and O–H groups in total. The van der Waals surface area contributed by atoms with Crippen LogP contribution in [0.1, 0.15) is 47.0 Å². The Morgan fingerprint density at radius 1 is 1.06 bits per heavy atom. The van der Waals surface area contributed by atoms with Gasteiger partial charge in [0.05, 0.1) is 19.3 Å². The highest BCUT2D eigenvalue weighted by Gasteiger charge is 2.01. The molecule has 0 aromatic heterocycles. The molecule has 0 aliphatic heterocycles. The molecule has 0 aromatic rings. The first kappa shape index (κ1) is 16.9. The third-order valence-corrected chi connectivity index (χ3v) is 2.55. The van der Waals surface area contributed by atoms with Crippen molar-refractivity contribution in [2.75, 3.05) is 32.9 Å². The summed E-state index contributed by atoms with van der Waals surface area (Å²) in [4.78, 5) is 0. The first-order valence-electron chi connectivity index (χ1n) is 7.06. The summed E-state index contributed by atoms with van der Waals surface area (Å²) in [6.07, 6.45) is 3.74. The Balaban J connectivity index is 3.14. The van der Waals surface area contributed by atoms with Crippen molar-refractivity contribution in [3.63, 3.8) is 0 Å². The van der Waals surface area contributed by atoms with Crippen molar-refractivity contribution in [3.8, 4) is 0 Å². The lowest BCUT2D eigenvalue weighted by atomic mass is 10.2. The average Bonchev–Trinajstić information content (AvgIpc) is 2.29. The average molecular weight is 245 g/mol. The highest BCUT2D eigenvalue weighted by molar-refractivity contribution is 4.56. The molecular formula is C14H31NO2. The molecule has 0 aromatic carbocycles. The van der Waals surface area contributed by atoms with Crippen LogP contribution in [-0.4, -0.2) is 39.0 Å². The summed E-state index contributed by atoms with van der Waals surface area (Å²) in [5.41, 5.74) is 0. The summed E-state index contributed by atoms with van der Waals surface area (Å²) in [6.45, 7) is 13.2. The molecule has 3 nitrogen and oxygen atoms in total. The van der Waals surface area contributed by atoms with Crippen LogP contribution in [0.5, 0.6) is 0 Å². The molecule has 1 unspecified atom stereocenters. The minimum Gasteiger partial charge on any atom is -0.379 e. The highest BCUT2D eigenvalue weighted by Crippen LogP contribution is 1.97. The summed E-state index contributed by atoms with van der Waals surface area (Å²) in [5.74, 6) is 0.721. The maximum absolute atomic E-state index is 5.66. The molecular weight excluding hydrogens is 214 g/mol. The lowest BCUT2D eigenvalue weighted by Gasteiger charge is -2.14. The van der Waals surface area contributed by atoms with Crippen LogP contribution in [0.3, 0.4) is 0 Å². The smallest absolute Gasteiger partial charge is 0.0704 e. The van der Waals surface area contributed by atoms with Crippen LogP contribution in [0, 0.1) is 5.92 Å². The Morgan fingerprint density at radius 3 is 2.47 bits per heavy atom. The fourth-order valence-electron chi connectivity index (χ4n) is 1.44. The largest absolute Gasteiger partial charge is 0.379 e. The summed E-state index contributed by atoms with van der Waals surface area (Å²) in [6, 6.07) is 0. The Labute approximate surface area is 107 Å². The monoisotopic (exact) mass is 245 g/mol. The van der Waals surface area contributed by atoms with Crippen LogP contribution < -0.4 is 5.32 Å². The summed E-state index contributed by atoms with van der Waals surface area (Å²) in [5, 5.41) is 3.42. The fraction of sp³-hybridized carbons (Fsp3) is 1.00. The topological polar surface area (TPSA) is 30.5 Å². The minimum atomic E-state index is 0.324. The van der Waals surface area contributed by atoms with E-state index in [0.717, 1.165) is 51.7 Å². The molecule has 1 atom stereocenters. The van der Waals surface area contributed by atoms with E-state index < -0.39 is 0 Å². The first-order valence-corrected chi connectivity index (χ1v) is 7.06. The zero-order valence-electron chi connectivity index (χ0n) is 12.1. The van der Waals surface area contributed by atoms with Gasteiger partial charge in [0.25, 0.3) is 0 Å². The van der Waals surface area contributed by atoms with Gasteiger partial charge >= 0.3 is 0 Å². The lowest BCUT2D eigenvalue weighted by Crippen LogP contribution is -2.24. The normalized spacial score (nSPS) is 13.2. The standard InChI is InChI=1S/C14H31NO2/c1-5-6-9-16-10-11-17-14(4)7-8-15-12-13(2)3/h13-15H,5-12H2,1-4H3. The van der Waals surface area contributed by atoms with E-state index in [-0.39, 0.29) is 0 Å². The number of hydrogen-bond acceptors (Lipinski definition) is 3. The van der Waals surface area contributed by atoms with Crippen LogP contribution in [0.25, 0.3) is 0 Å². The van der Waals surface area contributed by atoms with Crippen LogP contribution in [0.15, 0.2) is 0 Å². The molecule has 0 heterocycles. The molecule has 3 heteroatoms. The Kier molecular flexibility index (Phi) is 12.3. The fourth-order valence-corrected chi connectivity index (χ4v) is 1.44. The third-order valence-electron chi connectivity index (χ3n) is 2.55. The van der Waals surface area contributed by atoms with Gasteiger partial charge in [-0.3, -0.25) is 0 Å². The van der Waals surface area contributed by atoms with Gasteiger partial charge in [0, 0.05) is 6.61 Å². The number of rotatable bonds is 12. The van der Waals surface area contributed by atoms with E-state index in [1.54, 1.807) is 0 Å². The Bertz CT molecular complexity index is 151. The zero-order valence-corrected chi connectivity index (χ0v) is 12.1. The Morgan fingerprint density at radius 2 is 1.82 bits per heavy atom. The van der Waals surface area contributed by atoms with Gasteiger partial charge in [0.2, 0.25) is 0 Å². The molecule has 0 saturated carbocycles. The maximum atomic E-state index is 5.66. The van der Waals surface area contributed by atoms with Crippen molar-refractivity contribution in [1.29, 1.82) is 0 Å². The molecule has 0 amide bonds. The molecule has 0 spiro atoms. The lowest BCUT2D eigenvalue weighted by molar-refractivity contribution is 0.00885. The van der Waals surface area contributed by atoms with Crippen LogP contribution in [0.4, 0.5) is 0 Å². The molecule has 0 saturated heterocycles. The van der Waals surface area contributed by atoms with Crippen molar-refractivity contribution in [3.05, 3.63) is 0 Å². The second-order valence-electron chi connectivity index (χ2n) is 5.03. The van der Waals surface area contributed by atoms with E-state index in [4.69, 9.17) is 9.47 Å². The van der Waals surface area contributed by atoms with E-state index in [9.17, 15) is 0 Å². The van der Waals surface area contributed by atoms with Crippen molar-refractivity contribution >= 4 is 0 Å². The SMILES string of the molecule is CCCCOCCOC(C)CCNCC(C)C. The summed E-state index contributed by atoms with van der Waals surface area (Å²) >= 11 is 0. The highest BCUT2D eigenvalue weighted by atomic mass is 16.5. The van der Waals surface area contributed by atoms with E-state index in [2.05, 4.69) is 33.0 Å². The Hall–Kier alpha value is -0.120. The quantitative estimate of drug-likeness (QED) is 0.536. The summed E-state index contributed by atoms with van der Waals surface area (Å²) < 4.78 is 11.1. The second-order valence-corrected chi connectivity index (χ2v) is 5.03. The van der Waals surface area contributed by atoms with Gasteiger partial charge in [-0.2, -0.15) is 0 Å². The van der Waals surface area contributed by atoms with Gasteiger partial charge < -0.3 is 14.8 Å². The third kappa shape index (κ3) is 13.8. The second kappa shape index (κ2) is 12.3. The van der Waals surface area contributed by atoms with E-state index >= 15 is 0 Å². The van der Waals surface area contributed by atoms with Crippen molar-refractivity contribution in [1.82, 2.24) is 5.32 Å². The molecule has 104 valence electrons. The van der Waals surface area contributed by atoms with Crippen LogP contribution in [-0.2, 0) is 9.47 Å². The molecule has 0 aliphatic carbocycles. The van der Waals surface area contributed by atoms with Gasteiger partial charge in [-0.1, -0.05) is 27.2 Å². The van der Waals surface area contributed by atoms with E-state index in [1.165, 1.54) is 6.42 Å². The van der Waals surface area contributed by atoms with Gasteiger partial charge in [0.1, 0.15) is 0 Å².